The Morgan fingerprint density at radius 3 is 1.95 bits per heavy atom. The molecule has 0 spiro atoms. The van der Waals surface area contributed by atoms with Gasteiger partial charge in [-0.1, -0.05) is 36.2 Å². The zero-order chi connectivity index (χ0) is 46.0. The van der Waals surface area contributed by atoms with E-state index in [2.05, 4.69) is 90.9 Å². The first kappa shape index (κ1) is 46.8. The lowest BCUT2D eigenvalue weighted by molar-refractivity contribution is -0.131. The summed E-state index contributed by atoms with van der Waals surface area (Å²) >= 11 is 19.9. The standard InChI is InChI=1S/C24H17Br2ClN2O6.C20H17Br2N5O2/c1-10-11(2)22(31)14(12(3)21(10)30)8-33-24(32)35-9-34-23-16(26)7-15(25)19-20(23)28-17-5-4-13(27)6-18(17)29-19;1-3-4-13-10-27(26-25-13)9-12-5-6-16-17(7-12)24-18-14(21)8-15(22)20(19(18)23-16)29-11(2)28/h4-7H,8-9H2,1-3H3;5-8,10H,3-4,9H2,1-2H3. The lowest BCUT2D eigenvalue weighted by Gasteiger charge is -2.18. The second-order valence-corrected chi connectivity index (χ2v) is 18.2. The third kappa shape index (κ3) is 10.2. The molecule has 0 N–H and O–H groups in total. The average Bonchev–Trinajstić information content (AvgIpc) is 3.70. The van der Waals surface area contributed by atoms with Gasteiger partial charge in [-0.05, 0) is 139 Å². The highest BCUT2D eigenvalue weighted by molar-refractivity contribution is 9.11. The van der Waals surface area contributed by atoms with Gasteiger partial charge in [-0.25, -0.2) is 29.4 Å². The molecule has 3 heterocycles. The second kappa shape index (κ2) is 19.9. The zero-order valence-corrected chi connectivity index (χ0v) is 41.6. The van der Waals surface area contributed by atoms with E-state index in [1.165, 1.54) is 13.8 Å². The van der Waals surface area contributed by atoms with Crippen LogP contribution in [-0.2, 0) is 36.8 Å². The van der Waals surface area contributed by atoms with E-state index in [0.717, 1.165) is 34.1 Å². The summed E-state index contributed by atoms with van der Waals surface area (Å²) in [5.74, 6) is -0.327. The van der Waals surface area contributed by atoms with Crippen LogP contribution in [0.4, 0.5) is 4.79 Å². The van der Waals surface area contributed by atoms with E-state index in [-0.39, 0.29) is 29.3 Å². The SMILES string of the molecule is CC1=C(C)C(=O)C(COC(=O)OCOc2c(Br)cc(Br)c3nc4cc(Cl)ccc4nc23)=C(C)C1=O.CCCc1cn(Cc2ccc3nc4c(OC(C)=O)c(Br)cc(Br)c4nc3c2)nn1. The molecule has 20 heteroatoms. The Morgan fingerprint density at radius 2 is 1.30 bits per heavy atom. The molecule has 0 aliphatic heterocycles. The van der Waals surface area contributed by atoms with Crippen LogP contribution < -0.4 is 9.47 Å². The van der Waals surface area contributed by atoms with E-state index < -0.39 is 18.9 Å². The molecular weight excluding hydrogens is 1110 g/mol. The summed E-state index contributed by atoms with van der Waals surface area (Å²) in [6.07, 6.45) is 2.87. The van der Waals surface area contributed by atoms with E-state index in [9.17, 15) is 19.2 Å². The van der Waals surface area contributed by atoms with E-state index in [4.69, 9.17) is 40.5 Å². The van der Waals surface area contributed by atoms with E-state index >= 15 is 0 Å². The highest BCUT2D eigenvalue weighted by atomic mass is 79.9. The summed E-state index contributed by atoms with van der Waals surface area (Å²) in [5.41, 5.74) is 7.92. The lowest BCUT2D eigenvalue weighted by atomic mass is 9.86. The minimum absolute atomic E-state index is 0.125. The summed E-state index contributed by atoms with van der Waals surface area (Å²) in [5, 5.41) is 8.92. The number of allylic oxidation sites excluding steroid dienone is 3. The number of Topliss-reactive ketones (excluding diaryl/α,β-unsaturated/α-hetero) is 2. The molecule has 7 aromatic rings. The normalized spacial score (nSPS) is 12.9. The molecule has 0 fully saturated rings. The maximum absolute atomic E-state index is 12.5. The van der Waals surface area contributed by atoms with Gasteiger partial charge in [-0.15, -0.1) is 5.10 Å². The van der Waals surface area contributed by atoms with Gasteiger partial charge in [0.05, 0.1) is 43.3 Å². The van der Waals surface area contributed by atoms with Crippen molar-refractivity contribution in [3.05, 3.63) is 111 Å². The van der Waals surface area contributed by atoms with Crippen LogP contribution in [0.1, 0.15) is 52.3 Å². The van der Waals surface area contributed by atoms with Crippen molar-refractivity contribution in [1.82, 2.24) is 34.9 Å². The summed E-state index contributed by atoms with van der Waals surface area (Å²) in [7, 11) is 0. The van der Waals surface area contributed by atoms with Crippen LogP contribution in [-0.4, -0.2) is 72.0 Å². The molecule has 0 amide bonds. The highest BCUT2D eigenvalue weighted by Crippen LogP contribution is 2.39. The average molecular weight is 1140 g/mol. The number of hydrogen-bond acceptors (Lipinski definition) is 14. The summed E-state index contributed by atoms with van der Waals surface area (Å²) in [6.45, 7) is 7.89. The molecule has 0 radical (unpaired) electrons. The Hall–Kier alpha value is -5.21. The van der Waals surface area contributed by atoms with Crippen LogP contribution in [0.3, 0.4) is 0 Å². The van der Waals surface area contributed by atoms with Crippen molar-refractivity contribution in [1.29, 1.82) is 0 Å². The maximum Gasteiger partial charge on any atom is 0.511 e. The second-order valence-electron chi connectivity index (χ2n) is 14.3. The summed E-state index contributed by atoms with van der Waals surface area (Å²) in [6, 6.07) is 14.6. The molecule has 0 saturated carbocycles. The molecule has 0 unspecified atom stereocenters. The van der Waals surface area contributed by atoms with Crippen LogP contribution in [0.25, 0.3) is 44.1 Å². The number of benzene rings is 4. The number of ether oxygens (including phenoxy) is 4. The number of fused-ring (bicyclic) bond motifs is 4. The fourth-order valence-electron chi connectivity index (χ4n) is 6.58. The van der Waals surface area contributed by atoms with Crippen LogP contribution in [0.15, 0.2) is 94.9 Å². The number of halogens is 5. The molecule has 8 rings (SSSR count). The molecule has 1 aliphatic rings. The molecule has 64 heavy (non-hydrogen) atoms. The molecule has 15 nitrogen and oxygen atoms in total. The monoisotopic (exact) mass is 1140 g/mol. The number of nitrogens with zero attached hydrogens (tertiary/aromatic N) is 7. The first-order valence-electron chi connectivity index (χ1n) is 19.3. The number of hydrogen-bond donors (Lipinski definition) is 0. The Kier molecular flexibility index (Phi) is 14.5. The van der Waals surface area contributed by atoms with Crippen molar-refractivity contribution >= 4 is 143 Å². The fourth-order valence-corrected chi connectivity index (χ4v) is 9.40. The third-order valence-electron chi connectivity index (χ3n) is 9.89. The first-order chi connectivity index (χ1) is 30.5. The molecule has 3 aromatic heterocycles. The van der Waals surface area contributed by atoms with Gasteiger partial charge in [-0.2, -0.15) is 0 Å². The van der Waals surface area contributed by atoms with Gasteiger partial charge in [0.15, 0.2) is 23.1 Å². The molecular formula is C44H34Br4ClN7O8. The minimum atomic E-state index is -1.06. The van der Waals surface area contributed by atoms with Crippen molar-refractivity contribution in [3.8, 4) is 11.5 Å². The minimum Gasteiger partial charge on any atom is -0.454 e. The quantitative estimate of drug-likeness (QED) is 0.0414. The Bertz CT molecular complexity index is 3160. The number of esters is 1. The number of carbonyl (C=O) groups excluding carboxylic acids is 4. The third-order valence-corrected chi connectivity index (χ3v) is 12.5. The summed E-state index contributed by atoms with van der Waals surface area (Å²) < 4.78 is 25.5. The van der Waals surface area contributed by atoms with Gasteiger partial charge in [-0.3, -0.25) is 14.4 Å². The predicted molar refractivity (Wildman–Crippen MR) is 253 cm³/mol. The maximum atomic E-state index is 12.5. The van der Waals surface area contributed by atoms with Crippen LogP contribution in [0, 0.1) is 0 Å². The van der Waals surface area contributed by atoms with Gasteiger partial charge in [0.1, 0.15) is 28.7 Å². The molecule has 0 atom stereocenters. The first-order valence-corrected chi connectivity index (χ1v) is 22.9. The Labute approximate surface area is 403 Å². The van der Waals surface area contributed by atoms with Crippen molar-refractivity contribution < 1.29 is 38.1 Å². The molecule has 4 aromatic carbocycles. The van der Waals surface area contributed by atoms with E-state index in [1.807, 2.05) is 29.1 Å². The van der Waals surface area contributed by atoms with Crippen molar-refractivity contribution in [2.45, 2.75) is 54.0 Å². The largest absolute Gasteiger partial charge is 0.511 e. The molecule has 0 saturated heterocycles. The topological polar surface area (TPSA) is 187 Å². The van der Waals surface area contributed by atoms with Crippen LogP contribution in [0.2, 0.25) is 5.02 Å². The van der Waals surface area contributed by atoms with Crippen molar-refractivity contribution in [3.63, 3.8) is 0 Å². The predicted octanol–water partition coefficient (Wildman–Crippen LogP) is 11.1. The number of aromatic nitrogens is 7. The smallest absolute Gasteiger partial charge is 0.454 e. The number of rotatable bonds is 10. The molecule has 0 bridgehead atoms. The van der Waals surface area contributed by atoms with Crippen molar-refractivity contribution in [2.24, 2.45) is 0 Å². The van der Waals surface area contributed by atoms with Crippen LogP contribution >= 0.6 is 75.3 Å². The fraction of sp³-hybridized carbons (Fsp3) is 0.227. The van der Waals surface area contributed by atoms with Gasteiger partial charge < -0.3 is 18.9 Å². The molecule has 1 aliphatic carbocycles. The highest BCUT2D eigenvalue weighted by Gasteiger charge is 2.29. The zero-order valence-electron chi connectivity index (χ0n) is 34.5. The molecule has 328 valence electrons. The number of carbonyl (C=O) groups is 4. The van der Waals surface area contributed by atoms with E-state index in [1.54, 1.807) is 44.2 Å². The van der Waals surface area contributed by atoms with Gasteiger partial charge in [0.2, 0.25) is 6.79 Å². The number of aryl methyl sites for hydroxylation is 1. The van der Waals surface area contributed by atoms with Gasteiger partial charge in [0, 0.05) is 49.4 Å². The Balaban J connectivity index is 0.000000195. The van der Waals surface area contributed by atoms with Crippen molar-refractivity contribution in [2.75, 3.05) is 13.4 Å². The lowest BCUT2D eigenvalue weighted by Crippen LogP contribution is -2.24. The number of ketones is 2. The van der Waals surface area contributed by atoms with E-state index in [0.29, 0.717) is 86.2 Å². The summed E-state index contributed by atoms with van der Waals surface area (Å²) in [4.78, 5) is 67.0. The van der Waals surface area contributed by atoms with Gasteiger partial charge >= 0.3 is 12.1 Å². The van der Waals surface area contributed by atoms with Gasteiger partial charge in [0.25, 0.3) is 0 Å². The Morgan fingerprint density at radius 1 is 0.703 bits per heavy atom. The van der Waals surface area contributed by atoms with Crippen LogP contribution in [0.5, 0.6) is 11.5 Å².